The molecule has 3 heterocycles. The highest BCUT2D eigenvalue weighted by atomic mass is 19.1. The lowest BCUT2D eigenvalue weighted by Gasteiger charge is -2.11. The van der Waals surface area contributed by atoms with Crippen molar-refractivity contribution in [3.8, 4) is 0 Å². The van der Waals surface area contributed by atoms with E-state index in [-0.39, 0.29) is 5.82 Å². The number of nitrogens with one attached hydrogen (secondary N) is 3. The number of fused-ring (bicyclic) bond motifs is 1. The molecule has 0 radical (unpaired) electrons. The van der Waals surface area contributed by atoms with Gasteiger partial charge in [0.05, 0.1) is 11.2 Å². The average molecular weight is 407 g/mol. The molecule has 156 valence electrons. The predicted molar refractivity (Wildman–Crippen MR) is 118 cm³/mol. The molecule has 4 rings (SSSR count). The molecule has 0 amide bonds. The quantitative estimate of drug-likeness (QED) is 0.439. The lowest BCUT2D eigenvalue weighted by molar-refractivity contribution is 0.637. The Morgan fingerprint density at radius 2 is 1.83 bits per heavy atom. The standard InChI is InChI=1S/C22H26FN7/c1-12-6-7-17(23)22-21(12)16(14(3)25-22)8-9-24-18-11-19(27-15(4)26-18)28-20-10-13(2)29-30(20)5/h6-7,10-11,25H,8-9H2,1-5H3,(H2,24,26,27,28). The normalized spacial score (nSPS) is 11.3. The SMILES string of the molecule is Cc1cc(Nc2cc(NCCc3c(C)[nH]c4c(F)ccc(C)c34)nc(C)n2)n(C)n1. The van der Waals surface area contributed by atoms with Crippen LogP contribution >= 0.6 is 0 Å². The number of benzene rings is 1. The lowest BCUT2D eigenvalue weighted by Crippen LogP contribution is -2.09. The van der Waals surface area contributed by atoms with Gasteiger partial charge in [0, 0.05) is 36.8 Å². The maximum atomic E-state index is 14.2. The Bertz CT molecular complexity index is 1220. The summed E-state index contributed by atoms with van der Waals surface area (Å²) in [5.41, 5.74) is 4.71. The maximum Gasteiger partial charge on any atom is 0.147 e. The zero-order chi connectivity index (χ0) is 21.4. The van der Waals surface area contributed by atoms with Crippen LogP contribution in [0.4, 0.5) is 21.8 Å². The summed E-state index contributed by atoms with van der Waals surface area (Å²) in [7, 11) is 1.89. The predicted octanol–water partition coefficient (Wildman–Crippen LogP) is 4.46. The second-order valence-electron chi connectivity index (χ2n) is 7.62. The highest BCUT2D eigenvalue weighted by Gasteiger charge is 2.14. The van der Waals surface area contributed by atoms with Crippen LogP contribution < -0.4 is 10.6 Å². The van der Waals surface area contributed by atoms with Gasteiger partial charge in [-0.15, -0.1) is 0 Å². The number of anilines is 3. The van der Waals surface area contributed by atoms with Gasteiger partial charge in [0.15, 0.2) is 0 Å². The molecular weight excluding hydrogens is 381 g/mol. The first-order chi connectivity index (χ1) is 14.3. The number of aryl methyl sites for hydroxylation is 5. The second kappa shape index (κ2) is 7.78. The molecule has 8 heteroatoms. The fourth-order valence-electron chi connectivity index (χ4n) is 3.85. The number of hydrogen-bond acceptors (Lipinski definition) is 5. The van der Waals surface area contributed by atoms with Gasteiger partial charge in [0.2, 0.25) is 0 Å². The Morgan fingerprint density at radius 1 is 1.07 bits per heavy atom. The lowest BCUT2D eigenvalue weighted by atomic mass is 10.0. The van der Waals surface area contributed by atoms with Crippen LogP contribution in [0, 0.1) is 33.5 Å². The van der Waals surface area contributed by atoms with Crippen molar-refractivity contribution >= 4 is 28.4 Å². The van der Waals surface area contributed by atoms with Crippen LogP contribution in [0.3, 0.4) is 0 Å². The van der Waals surface area contributed by atoms with E-state index in [2.05, 4.69) is 30.7 Å². The molecule has 0 aliphatic carbocycles. The Morgan fingerprint density at radius 3 is 2.57 bits per heavy atom. The minimum Gasteiger partial charge on any atom is -0.370 e. The van der Waals surface area contributed by atoms with E-state index in [1.807, 2.05) is 52.9 Å². The smallest absolute Gasteiger partial charge is 0.147 e. The molecule has 0 aliphatic rings. The summed E-state index contributed by atoms with van der Waals surface area (Å²) < 4.78 is 15.9. The van der Waals surface area contributed by atoms with Gasteiger partial charge in [-0.05, 0) is 51.3 Å². The van der Waals surface area contributed by atoms with Gasteiger partial charge >= 0.3 is 0 Å². The van der Waals surface area contributed by atoms with Gasteiger partial charge in [0.25, 0.3) is 0 Å². The summed E-state index contributed by atoms with van der Waals surface area (Å²) >= 11 is 0. The summed E-state index contributed by atoms with van der Waals surface area (Å²) in [5.74, 6) is 2.76. The van der Waals surface area contributed by atoms with E-state index < -0.39 is 0 Å². The molecule has 0 spiro atoms. The van der Waals surface area contributed by atoms with Crippen molar-refractivity contribution in [2.24, 2.45) is 7.05 Å². The number of aromatic nitrogens is 5. The number of H-pyrrole nitrogens is 1. The molecule has 0 atom stereocenters. The largest absolute Gasteiger partial charge is 0.370 e. The molecule has 0 unspecified atom stereocenters. The van der Waals surface area contributed by atoms with Gasteiger partial charge in [-0.3, -0.25) is 4.68 Å². The molecule has 4 aromatic rings. The van der Waals surface area contributed by atoms with Crippen molar-refractivity contribution in [3.63, 3.8) is 0 Å². The monoisotopic (exact) mass is 407 g/mol. The second-order valence-corrected chi connectivity index (χ2v) is 7.62. The third-order valence-electron chi connectivity index (χ3n) is 5.21. The average Bonchev–Trinajstić information content (AvgIpc) is 3.17. The number of nitrogens with zero attached hydrogens (tertiary/aromatic N) is 4. The fourth-order valence-corrected chi connectivity index (χ4v) is 3.85. The molecular formula is C22H26FN7. The summed E-state index contributed by atoms with van der Waals surface area (Å²) in [6.45, 7) is 8.48. The first kappa shape index (κ1) is 19.9. The number of rotatable bonds is 6. The molecule has 1 aromatic carbocycles. The topological polar surface area (TPSA) is 83.5 Å². The molecule has 0 saturated carbocycles. The summed E-state index contributed by atoms with van der Waals surface area (Å²) in [6.07, 6.45) is 0.753. The highest BCUT2D eigenvalue weighted by Crippen LogP contribution is 2.28. The van der Waals surface area contributed by atoms with Crippen molar-refractivity contribution < 1.29 is 4.39 Å². The van der Waals surface area contributed by atoms with Gasteiger partial charge in [-0.1, -0.05) is 6.07 Å². The third kappa shape index (κ3) is 3.85. The Hall–Kier alpha value is -3.42. The number of hydrogen-bond donors (Lipinski definition) is 3. The van der Waals surface area contributed by atoms with Gasteiger partial charge < -0.3 is 15.6 Å². The van der Waals surface area contributed by atoms with E-state index in [0.29, 0.717) is 23.7 Å². The molecule has 0 fully saturated rings. The minimum absolute atomic E-state index is 0.217. The summed E-state index contributed by atoms with van der Waals surface area (Å²) in [5, 5.41) is 12.0. The zero-order valence-corrected chi connectivity index (χ0v) is 17.9. The zero-order valence-electron chi connectivity index (χ0n) is 17.9. The first-order valence-electron chi connectivity index (χ1n) is 9.95. The van der Waals surface area contributed by atoms with E-state index in [4.69, 9.17) is 0 Å². The van der Waals surface area contributed by atoms with E-state index >= 15 is 0 Å². The van der Waals surface area contributed by atoms with Crippen LogP contribution in [0.5, 0.6) is 0 Å². The van der Waals surface area contributed by atoms with Crippen LogP contribution in [0.1, 0.15) is 28.3 Å². The van der Waals surface area contributed by atoms with Crippen molar-refractivity contribution in [2.75, 3.05) is 17.2 Å². The van der Waals surface area contributed by atoms with Crippen molar-refractivity contribution in [3.05, 3.63) is 58.4 Å². The highest BCUT2D eigenvalue weighted by molar-refractivity contribution is 5.88. The number of aromatic amines is 1. The summed E-state index contributed by atoms with van der Waals surface area (Å²) in [4.78, 5) is 12.1. The summed E-state index contributed by atoms with van der Waals surface area (Å²) in [6, 6.07) is 7.18. The van der Waals surface area contributed by atoms with Crippen LogP contribution in [0.25, 0.3) is 10.9 Å². The molecule has 0 bridgehead atoms. The van der Waals surface area contributed by atoms with Gasteiger partial charge in [-0.25, -0.2) is 14.4 Å². The van der Waals surface area contributed by atoms with Crippen LogP contribution in [-0.2, 0) is 13.5 Å². The molecule has 30 heavy (non-hydrogen) atoms. The van der Waals surface area contributed by atoms with Crippen LogP contribution in [-0.4, -0.2) is 31.3 Å². The first-order valence-corrected chi connectivity index (χ1v) is 9.95. The van der Waals surface area contributed by atoms with E-state index in [0.717, 1.165) is 46.0 Å². The molecule has 0 saturated heterocycles. The van der Waals surface area contributed by atoms with Crippen LogP contribution in [0.15, 0.2) is 24.3 Å². The minimum atomic E-state index is -0.217. The Balaban J connectivity index is 1.50. The molecule has 0 aliphatic heterocycles. The van der Waals surface area contributed by atoms with E-state index in [9.17, 15) is 4.39 Å². The Labute approximate surface area is 174 Å². The third-order valence-corrected chi connectivity index (χ3v) is 5.21. The van der Waals surface area contributed by atoms with Gasteiger partial charge in [0.1, 0.15) is 29.1 Å². The molecule has 3 N–H and O–H groups in total. The van der Waals surface area contributed by atoms with Crippen molar-refractivity contribution in [2.45, 2.75) is 34.1 Å². The van der Waals surface area contributed by atoms with E-state index in [1.54, 1.807) is 4.68 Å². The van der Waals surface area contributed by atoms with Gasteiger partial charge in [-0.2, -0.15) is 5.10 Å². The van der Waals surface area contributed by atoms with Crippen LogP contribution in [0.2, 0.25) is 0 Å². The van der Waals surface area contributed by atoms with Crippen molar-refractivity contribution in [1.29, 1.82) is 0 Å². The van der Waals surface area contributed by atoms with E-state index in [1.165, 1.54) is 6.07 Å². The molecule has 3 aromatic heterocycles. The Kier molecular flexibility index (Phi) is 5.15. The fraction of sp³-hybridized carbons (Fsp3) is 0.318. The number of halogens is 1. The maximum absolute atomic E-state index is 14.2. The molecule has 7 nitrogen and oxygen atoms in total. The van der Waals surface area contributed by atoms with Crippen molar-refractivity contribution in [1.82, 2.24) is 24.7 Å².